The molecule has 2 fully saturated rings. The maximum Gasteiger partial charge on any atom is 0.341 e. The molecule has 12 heteroatoms. The van der Waals surface area contributed by atoms with Crippen molar-refractivity contribution < 1.29 is 14.6 Å². The number of hydrogen-bond donors (Lipinski definition) is 2. The fourth-order valence-electron chi connectivity index (χ4n) is 5.31. The van der Waals surface area contributed by atoms with Gasteiger partial charge in [-0.25, -0.2) is 14.8 Å². The largest absolute Gasteiger partial charge is 0.477 e. The zero-order valence-electron chi connectivity index (χ0n) is 21.3. The van der Waals surface area contributed by atoms with Gasteiger partial charge in [0, 0.05) is 43.5 Å². The lowest BCUT2D eigenvalue weighted by Crippen LogP contribution is -2.56. The lowest BCUT2D eigenvalue weighted by atomic mass is 10.1. The number of nitrogens with two attached hydrogens (primary N) is 1. The molecule has 0 radical (unpaired) electrons. The molecule has 10 nitrogen and oxygen atoms in total. The van der Waals surface area contributed by atoms with Crippen LogP contribution in [-0.2, 0) is 0 Å². The van der Waals surface area contributed by atoms with Crippen molar-refractivity contribution in [3.63, 3.8) is 0 Å². The van der Waals surface area contributed by atoms with Crippen LogP contribution >= 0.6 is 23.2 Å². The number of carboxylic acid groups (broad SMARTS) is 1. The van der Waals surface area contributed by atoms with E-state index in [2.05, 4.69) is 19.8 Å². The highest BCUT2D eigenvalue weighted by molar-refractivity contribution is 6.34. The first-order chi connectivity index (χ1) is 19.3. The van der Waals surface area contributed by atoms with Gasteiger partial charge < -0.3 is 29.9 Å². The van der Waals surface area contributed by atoms with Gasteiger partial charge in [0.1, 0.15) is 23.0 Å². The molecular weight excluding hydrogens is 555 g/mol. The number of fused-ring (bicyclic) bond motifs is 1. The Hall–Kier alpha value is -3.86. The van der Waals surface area contributed by atoms with Gasteiger partial charge in [-0.15, -0.1) is 0 Å². The molecule has 3 N–H and O–H groups in total. The van der Waals surface area contributed by atoms with Crippen molar-refractivity contribution in [3.8, 4) is 11.6 Å². The molecule has 6 rings (SSSR count). The molecule has 2 saturated heterocycles. The van der Waals surface area contributed by atoms with Crippen LogP contribution in [0.3, 0.4) is 0 Å². The molecule has 0 bridgehead atoms. The third-order valence-corrected chi connectivity index (χ3v) is 7.96. The van der Waals surface area contributed by atoms with E-state index in [0.717, 1.165) is 44.0 Å². The van der Waals surface area contributed by atoms with Gasteiger partial charge in [-0.1, -0.05) is 23.2 Å². The summed E-state index contributed by atoms with van der Waals surface area (Å²) in [6.07, 6.45) is 6.42. The van der Waals surface area contributed by atoms with Crippen molar-refractivity contribution in [3.05, 3.63) is 80.8 Å². The minimum atomic E-state index is -1.31. The molecule has 1 atom stereocenters. The molecule has 0 amide bonds. The van der Waals surface area contributed by atoms with Gasteiger partial charge in [0.15, 0.2) is 0 Å². The molecular formula is C28H26Cl2N6O4. The minimum absolute atomic E-state index is 0.00432. The lowest BCUT2D eigenvalue weighted by Gasteiger charge is -2.37. The summed E-state index contributed by atoms with van der Waals surface area (Å²) in [7, 11) is 0. The number of hydrogen-bond acceptors (Lipinski definition) is 8. The van der Waals surface area contributed by atoms with Crippen molar-refractivity contribution in [2.45, 2.75) is 24.9 Å². The van der Waals surface area contributed by atoms with Crippen molar-refractivity contribution in [2.24, 2.45) is 5.73 Å². The van der Waals surface area contributed by atoms with E-state index in [1.54, 1.807) is 35.2 Å². The zero-order chi connectivity index (χ0) is 28.0. The van der Waals surface area contributed by atoms with Gasteiger partial charge in [0.25, 0.3) is 0 Å². The summed E-state index contributed by atoms with van der Waals surface area (Å²) in [6.45, 7) is 2.54. The first-order valence-electron chi connectivity index (χ1n) is 12.9. The molecule has 40 heavy (non-hydrogen) atoms. The fourth-order valence-corrected chi connectivity index (χ4v) is 5.75. The molecule has 0 aliphatic carbocycles. The summed E-state index contributed by atoms with van der Waals surface area (Å²) in [5, 5.41) is 10.8. The van der Waals surface area contributed by atoms with E-state index < -0.39 is 11.4 Å². The standard InChI is InChI=1S/C28H26Cl2N6O4/c29-21-4-1-7-32-27(21)40-15-18-3-2-8-35(18)24-10-23-19(9-22(24)30)26(37)20(28(38)39)14-36(23)17-5-6-25(33-11-17)34-12-16(31)13-34/h1,4-7,9-11,14,16,18H,2-3,8,12-13,15,31H2,(H,38,39). The molecule has 0 spiro atoms. The summed E-state index contributed by atoms with van der Waals surface area (Å²) < 4.78 is 7.61. The second-order valence-corrected chi connectivity index (χ2v) is 10.8. The van der Waals surface area contributed by atoms with Crippen LogP contribution in [0.5, 0.6) is 5.88 Å². The van der Waals surface area contributed by atoms with Gasteiger partial charge in [0.05, 0.1) is 34.2 Å². The lowest BCUT2D eigenvalue weighted by molar-refractivity contribution is 0.0695. The topological polar surface area (TPSA) is 127 Å². The zero-order valence-corrected chi connectivity index (χ0v) is 22.8. The van der Waals surface area contributed by atoms with Crippen LogP contribution in [0, 0.1) is 0 Å². The molecule has 1 aromatic carbocycles. The Bertz CT molecular complexity index is 1660. The van der Waals surface area contributed by atoms with E-state index in [9.17, 15) is 14.7 Å². The maximum atomic E-state index is 13.2. The highest BCUT2D eigenvalue weighted by atomic mass is 35.5. The molecule has 2 aliphatic heterocycles. The number of nitrogens with zero attached hydrogens (tertiary/aromatic N) is 5. The molecule has 0 saturated carbocycles. The van der Waals surface area contributed by atoms with Crippen LogP contribution in [0.4, 0.5) is 11.5 Å². The summed E-state index contributed by atoms with van der Waals surface area (Å²) in [5.74, 6) is -0.164. The number of benzene rings is 1. The molecule has 4 aromatic rings. The summed E-state index contributed by atoms with van der Waals surface area (Å²) in [4.78, 5) is 38.1. The molecule has 206 valence electrons. The number of pyridine rings is 3. The number of carbonyl (C=O) groups is 1. The van der Waals surface area contributed by atoms with Crippen LogP contribution in [0.2, 0.25) is 10.0 Å². The number of aromatic nitrogens is 3. The summed E-state index contributed by atoms with van der Waals surface area (Å²) in [6, 6.07) is 10.7. The van der Waals surface area contributed by atoms with E-state index in [0.29, 0.717) is 33.7 Å². The number of rotatable bonds is 7. The maximum absolute atomic E-state index is 13.2. The van der Waals surface area contributed by atoms with E-state index in [-0.39, 0.29) is 23.0 Å². The first-order valence-corrected chi connectivity index (χ1v) is 13.6. The molecule has 3 aromatic heterocycles. The quantitative estimate of drug-likeness (QED) is 0.333. The van der Waals surface area contributed by atoms with Crippen molar-refractivity contribution in [1.29, 1.82) is 0 Å². The van der Waals surface area contributed by atoms with Gasteiger partial charge in [-0.3, -0.25) is 4.79 Å². The molecule has 2 aliphatic rings. The fraction of sp³-hybridized carbons (Fsp3) is 0.286. The van der Waals surface area contributed by atoms with Crippen molar-refractivity contribution in [2.75, 3.05) is 36.0 Å². The van der Waals surface area contributed by atoms with Crippen LogP contribution in [0.1, 0.15) is 23.2 Å². The normalized spacial score (nSPS) is 17.3. The number of anilines is 2. The van der Waals surface area contributed by atoms with Crippen LogP contribution < -0.4 is 25.7 Å². The van der Waals surface area contributed by atoms with E-state index in [1.807, 2.05) is 18.2 Å². The number of carboxylic acids is 1. The Labute approximate surface area is 239 Å². The highest BCUT2D eigenvalue weighted by Crippen LogP contribution is 2.36. The third kappa shape index (κ3) is 4.83. The number of aromatic carboxylic acids is 1. The summed E-state index contributed by atoms with van der Waals surface area (Å²) >= 11 is 13.0. The van der Waals surface area contributed by atoms with E-state index >= 15 is 0 Å². The summed E-state index contributed by atoms with van der Waals surface area (Å²) in [5.41, 5.74) is 6.81. The highest BCUT2D eigenvalue weighted by Gasteiger charge is 2.29. The minimum Gasteiger partial charge on any atom is -0.477 e. The van der Waals surface area contributed by atoms with Gasteiger partial charge in [-0.2, -0.15) is 0 Å². The Morgan fingerprint density at radius 2 is 1.98 bits per heavy atom. The predicted octanol–water partition coefficient (Wildman–Crippen LogP) is 3.98. The van der Waals surface area contributed by atoms with Crippen LogP contribution in [0.15, 0.2) is 59.8 Å². The molecule has 5 heterocycles. The second kappa shape index (κ2) is 10.6. The monoisotopic (exact) mass is 580 g/mol. The van der Waals surface area contributed by atoms with Crippen molar-refractivity contribution in [1.82, 2.24) is 14.5 Å². The Balaban J connectivity index is 1.39. The Morgan fingerprint density at radius 1 is 1.15 bits per heavy atom. The van der Waals surface area contributed by atoms with Gasteiger partial charge >= 0.3 is 5.97 Å². The van der Waals surface area contributed by atoms with Gasteiger partial charge in [0.2, 0.25) is 11.3 Å². The second-order valence-electron chi connectivity index (χ2n) is 10.00. The predicted molar refractivity (Wildman–Crippen MR) is 155 cm³/mol. The molecule has 1 unspecified atom stereocenters. The first kappa shape index (κ1) is 26.4. The van der Waals surface area contributed by atoms with Crippen molar-refractivity contribution >= 4 is 51.6 Å². The SMILES string of the molecule is NC1CN(c2ccc(-n3cc(C(=O)O)c(=O)c4cc(Cl)c(N5CCCC5COc5ncccc5Cl)cc43)cn2)C1. The average Bonchev–Trinajstić information content (AvgIpc) is 3.39. The van der Waals surface area contributed by atoms with E-state index in [4.69, 9.17) is 33.7 Å². The van der Waals surface area contributed by atoms with E-state index in [1.165, 1.54) is 6.20 Å². The van der Waals surface area contributed by atoms with Crippen LogP contribution in [-0.4, -0.2) is 63.9 Å². The number of ether oxygens (including phenoxy) is 1. The smallest absolute Gasteiger partial charge is 0.341 e. The average molecular weight is 581 g/mol. The van der Waals surface area contributed by atoms with Gasteiger partial charge in [-0.05, 0) is 49.2 Å². The van der Waals surface area contributed by atoms with Crippen LogP contribution in [0.25, 0.3) is 16.6 Å². The Kier molecular flexibility index (Phi) is 6.99. The Morgan fingerprint density at radius 3 is 2.67 bits per heavy atom. The third-order valence-electron chi connectivity index (χ3n) is 7.37. The number of halogens is 2.